The van der Waals surface area contributed by atoms with Crippen LogP contribution >= 0.6 is 12.2 Å². The number of carbonyl (C=O) groups excluding carboxylic acids is 1. The van der Waals surface area contributed by atoms with Crippen LogP contribution in [0.15, 0.2) is 24.3 Å². The average molecular weight is 207 g/mol. The van der Waals surface area contributed by atoms with Gasteiger partial charge in [-0.25, -0.2) is 0 Å². The predicted molar refractivity (Wildman–Crippen MR) is 62.7 cm³/mol. The minimum absolute atomic E-state index is 0.0652. The number of amides is 1. The molecule has 3 heteroatoms. The van der Waals surface area contributed by atoms with Crippen LogP contribution < -0.4 is 5.32 Å². The highest BCUT2D eigenvalue weighted by atomic mass is 32.1. The molecule has 0 aliphatic heterocycles. The van der Waals surface area contributed by atoms with E-state index in [1.165, 1.54) is 6.92 Å². The summed E-state index contributed by atoms with van der Waals surface area (Å²) in [7, 11) is 0. The summed E-state index contributed by atoms with van der Waals surface area (Å²) in [6.07, 6.45) is 0.846. The van der Waals surface area contributed by atoms with Gasteiger partial charge >= 0.3 is 0 Å². The number of anilines is 1. The number of nitrogens with one attached hydrogen (secondary N) is 1. The molecule has 1 rings (SSSR count). The fraction of sp³-hybridized carbons (Fsp3) is 0.273. The molecule has 1 aromatic carbocycles. The van der Waals surface area contributed by atoms with Crippen molar-refractivity contribution in [2.24, 2.45) is 0 Å². The van der Waals surface area contributed by atoms with E-state index in [0.29, 0.717) is 0 Å². The zero-order valence-electron chi connectivity index (χ0n) is 8.33. The van der Waals surface area contributed by atoms with Gasteiger partial charge in [-0.2, -0.15) is 0 Å². The molecule has 0 saturated carbocycles. The Morgan fingerprint density at radius 3 is 2.79 bits per heavy atom. The molecule has 74 valence electrons. The van der Waals surface area contributed by atoms with Gasteiger partial charge in [0.25, 0.3) is 0 Å². The van der Waals surface area contributed by atoms with Crippen LogP contribution in [0.2, 0.25) is 0 Å². The number of hydrogen-bond donors (Lipinski definition) is 1. The minimum Gasteiger partial charge on any atom is -0.326 e. The first-order chi connectivity index (χ1) is 6.63. The van der Waals surface area contributed by atoms with Crippen molar-refractivity contribution in [3.8, 4) is 0 Å². The second kappa shape index (κ2) is 4.86. The summed E-state index contributed by atoms with van der Waals surface area (Å²) in [5, 5.41) is 2.73. The molecule has 0 saturated heterocycles. The summed E-state index contributed by atoms with van der Waals surface area (Å²) in [5.74, 6) is -0.0652. The summed E-state index contributed by atoms with van der Waals surface area (Å²) < 4.78 is 0. The number of thiocarbonyl (C=S) groups is 1. The maximum atomic E-state index is 10.8. The molecule has 0 spiro atoms. The summed E-state index contributed by atoms with van der Waals surface area (Å²) in [4.78, 5) is 11.7. The first kappa shape index (κ1) is 10.9. The van der Waals surface area contributed by atoms with Gasteiger partial charge in [0.1, 0.15) is 0 Å². The molecule has 0 radical (unpaired) electrons. The monoisotopic (exact) mass is 207 g/mol. The topological polar surface area (TPSA) is 29.1 Å². The predicted octanol–water partition coefficient (Wildman–Crippen LogP) is 2.77. The Morgan fingerprint density at radius 1 is 1.50 bits per heavy atom. The highest BCUT2D eigenvalue weighted by Crippen LogP contribution is 2.12. The molecule has 1 N–H and O–H groups in total. The molecule has 0 aromatic heterocycles. The van der Waals surface area contributed by atoms with Crippen molar-refractivity contribution in [1.29, 1.82) is 0 Å². The van der Waals surface area contributed by atoms with Gasteiger partial charge in [-0.05, 0) is 24.1 Å². The molecular formula is C11H13NOS. The van der Waals surface area contributed by atoms with E-state index < -0.39 is 0 Å². The van der Waals surface area contributed by atoms with E-state index in [-0.39, 0.29) is 5.91 Å². The van der Waals surface area contributed by atoms with E-state index in [4.69, 9.17) is 12.2 Å². The van der Waals surface area contributed by atoms with Crippen molar-refractivity contribution in [3.05, 3.63) is 29.8 Å². The number of carbonyl (C=O) groups is 1. The highest BCUT2D eigenvalue weighted by molar-refractivity contribution is 7.80. The Balaban J connectivity index is 2.89. The summed E-state index contributed by atoms with van der Waals surface area (Å²) in [5.41, 5.74) is 1.81. The molecule has 1 amide bonds. The maximum Gasteiger partial charge on any atom is 0.221 e. The van der Waals surface area contributed by atoms with Crippen LogP contribution in [0.4, 0.5) is 5.69 Å². The van der Waals surface area contributed by atoms with Gasteiger partial charge in [-0.1, -0.05) is 31.3 Å². The standard InChI is InChI=1S/C11H13NOS/c1-3-11(14)9-5-4-6-10(7-9)12-8(2)13/h4-7H,3H2,1-2H3,(H,12,13). The van der Waals surface area contributed by atoms with Crippen LogP contribution in [0, 0.1) is 0 Å². The zero-order chi connectivity index (χ0) is 10.6. The zero-order valence-corrected chi connectivity index (χ0v) is 9.15. The SMILES string of the molecule is CCC(=S)c1cccc(NC(C)=O)c1. The largest absolute Gasteiger partial charge is 0.326 e. The molecule has 0 heterocycles. The van der Waals surface area contributed by atoms with Crippen LogP contribution in [0.25, 0.3) is 0 Å². The van der Waals surface area contributed by atoms with E-state index in [1.807, 2.05) is 31.2 Å². The Bertz CT molecular complexity index is 360. The molecular weight excluding hydrogens is 194 g/mol. The normalized spacial score (nSPS) is 9.57. The molecule has 14 heavy (non-hydrogen) atoms. The van der Waals surface area contributed by atoms with Crippen molar-refractivity contribution < 1.29 is 4.79 Å². The number of benzene rings is 1. The van der Waals surface area contributed by atoms with E-state index in [9.17, 15) is 4.79 Å². The van der Waals surface area contributed by atoms with Crippen molar-refractivity contribution in [3.63, 3.8) is 0 Å². The fourth-order valence-corrected chi connectivity index (χ4v) is 1.30. The smallest absolute Gasteiger partial charge is 0.221 e. The van der Waals surface area contributed by atoms with Gasteiger partial charge in [0.05, 0.1) is 0 Å². The second-order valence-electron chi connectivity index (χ2n) is 3.04. The molecule has 0 aliphatic carbocycles. The molecule has 0 atom stereocenters. The van der Waals surface area contributed by atoms with Crippen LogP contribution in [0.5, 0.6) is 0 Å². The third kappa shape index (κ3) is 2.92. The lowest BCUT2D eigenvalue weighted by Gasteiger charge is -2.05. The van der Waals surface area contributed by atoms with Crippen LogP contribution in [-0.2, 0) is 4.79 Å². The molecule has 2 nitrogen and oxygen atoms in total. The van der Waals surface area contributed by atoms with Gasteiger partial charge in [-0.15, -0.1) is 0 Å². The molecule has 0 bridgehead atoms. The van der Waals surface area contributed by atoms with Crippen LogP contribution in [0.3, 0.4) is 0 Å². The number of hydrogen-bond acceptors (Lipinski definition) is 2. The first-order valence-corrected chi connectivity index (χ1v) is 4.95. The molecule has 1 aromatic rings. The van der Waals surface area contributed by atoms with Gasteiger partial charge in [0.2, 0.25) is 5.91 Å². The highest BCUT2D eigenvalue weighted by Gasteiger charge is 2.00. The average Bonchev–Trinajstić information content (AvgIpc) is 2.16. The Hall–Kier alpha value is -1.22. The summed E-state index contributed by atoms with van der Waals surface area (Å²) >= 11 is 5.18. The fourth-order valence-electron chi connectivity index (χ4n) is 1.18. The molecule has 0 fully saturated rings. The Labute approximate surface area is 89.3 Å². The van der Waals surface area contributed by atoms with Gasteiger partial charge in [0.15, 0.2) is 0 Å². The van der Waals surface area contributed by atoms with Crippen molar-refractivity contribution in [2.75, 3.05) is 5.32 Å². The van der Waals surface area contributed by atoms with E-state index in [0.717, 1.165) is 22.5 Å². The van der Waals surface area contributed by atoms with Gasteiger partial charge in [-0.3, -0.25) is 4.79 Å². The lowest BCUT2D eigenvalue weighted by molar-refractivity contribution is -0.114. The quantitative estimate of drug-likeness (QED) is 0.610. The summed E-state index contributed by atoms with van der Waals surface area (Å²) in [6, 6.07) is 7.59. The number of rotatable bonds is 3. The van der Waals surface area contributed by atoms with Gasteiger partial charge < -0.3 is 5.32 Å². The third-order valence-electron chi connectivity index (χ3n) is 1.83. The maximum absolute atomic E-state index is 10.8. The molecule has 0 aliphatic rings. The lowest BCUT2D eigenvalue weighted by atomic mass is 10.1. The molecule has 0 unspecified atom stereocenters. The van der Waals surface area contributed by atoms with E-state index >= 15 is 0 Å². The Morgan fingerprint density at radius 2 is 2.21 bits per heavy atom. The summed E-state index contributed by atoms with van der Waals surface area (Å²) in [6.45, 7) is 3.51. The van der Waals surface area contributed by atoms with E-state index in [1.54, 1.807) is 0 Å². The van der Waals surface area contributed by atoms with Gasteiger partial charge in [0, 0.05) is 17.5 Å². The second-order valence-corrected chi connectivity index (χ2v) is 3.53. The van der Waals surface area contributed by atoms with Crippen molar-refractivity contribution in [1.82, 2.24) is 0 Å². The third-order valence-corrected chi connectivity index (χ3v) is 2.35. The Kier molecular flexibility index (Phi) is 3.77. The van der Waals surface area contributed by atoms with Crippen molar-refractivity contribution in [2.45, 2.75) is 20.3 Å². The van der Waals surface area contributed by atoms with Crippen LogP contribution in [0.1, 0.15) is 25.8 Å². The first-order valence-electron chi connectivity index (χ1n) is 4.54. The van der Waals surface area contributed by atoms with Crippen molar-refractivity contribution >= 4 is 28.7 Å². The lowest BCUT2D eigenvalue weighted by Crippen LogP contribution is -2.06. The van der Waals surface area contributed by atoms with E-state index in [2.05, 4.69) is 5.32 Å². The minimum atomic E-state index is -0.0652. The van der Waals surface area contributed by atoms with Crippen LogP contribution in [-0.4, -0.2) is 10.8 Å².